The van der Waals surface area contributed by atoms with E-state index in [-0.39, 0.29) is 27.3 Å². The largest absolute Gasteiger partial charge is 0.477 e. The Morgan fingerprint density at radius 1 is 1.21 bits per heavy atom. The van der Waals surface area contributed by atoms with E-state index in [0.717, 1.165) is 6.07 Å². The lowest BCUT2D eigenvalue weighted by Crippen LogP contribution is -2.03. The summed E-state index contributed by atoms with van der Waals surface area (Å²) in [6.07, 6.45) is -4.59. The number of carboxylic acids is 1. The summed E-state index contributed by atoms with van der Waals surface area (Å²) < 4.78 is 38.6. The molecule has 1 N–H and O–H groups in total. The van der Waals surface area contributed by atoms with E-state index in [4.69, 9.17) is 16.7 Å². The summed E-state index contributed by atoms with van der Waals surface area (Å²) in [6.45, 7) is 0. The van der Waals surface area contributed by atoms with Gasteiger partial charge in [0.25, 0.3) is 0 Å². The highest BCUT2D eigenvalue weighted by atomic mass is 35.5. The van der Waals surface area contributed by atoms with Crippen molar-refractivity contribution in [2.45, 2.75) is 6.18 Å². The van der Waals surface area contributed by atoms with Crippen molar-refractivity contribution < 1.29 is 23.1 Å². The van der Waals surface area contributed by atoms with E-state index < -0.39 is 17.0 Å². The number of hydrogen-bond acceptors (Lipinski definition) is 2. The molecule has 0 aliphatic carbocycles. The van der Waals surface area contributed by atoms with E-state index in [2.05, 4.69) is 0 Å². The smallest absolute Gasteiger partial charge is 0.426 e. The van der Waals surface area contributed by atoms with Gasteiger partial charge in [0.2, 0.25) is 0 Å². The third-order valence-corrected chi connectivity index (χ3v) is 3.78. The minimum Gasteiger partial charge on any atom is -0.477 e. The maximum absolute atomic E-state index is 12.9. The standard InChI is InChI=1S/C12H6ClF3O2S/c13-7-3-1-6(2-4-7)8-5-9(11(17)18)19-10(8)12(14,15)16/h1-5H,(H,17,18). The minimum absolute atomic E-state index is 0.147. The number of aromatic carboxylic acids is 1. The zero-order chi connectivity index (χ0) is 14.2. The molecule has 7 heteroatoms. The van der Waals surface area contributed by atoms with Gasteiger partial charge in [-0.25, -0.2) is 4.79 Å². The van der Waals surface area contributed by atoms with Crippen LogP contribution in [0.4, 0.5) is 13.2 Å². The van der Waals surface area contributed by atoms with Gasteiger partial charge in [0, 0.05) is 10.6 Å². The lowest BCUT2D eigenvalue weighted by atomic mass is 10.1. The Balaban J connectivity index is 2.61. The average molecular weight is 307 g/mol. The van der Waals surface area contributed by atoms with E-state index >= 15 is 0 Å². The molecule has 0 bridgehead atoms. The molecule has 1 heterocycles. The Labute approximate surface area is 115 Å². The first-order valence-electron chi connectivity index (χ1n) is 4.99. The lowest BCUT2D eigenvalue weighted by Gasteiger charge is -2.07. The molecule has 0 fully saturated rings. The van der Waals surface area contributed by atoms with Crippen molar-refractivity contribution in [3.63, 3.8) is 0 Å². The Hall–Kier alpha value is -1.53. The summed E-state index contributed by atoms with van der Waals surface area (Å²) in [7, 11) is 0. The van der Waals surface area contributed by atoms with Gasteiger partial charge < -0.3 is 5.11 Å². The topological polar surface area (TPSA) is 37.3 Å². The monoisotopic (exact) mass is 306 g/mol. The normalized spacial score (nSPS) is 11.6. The maximum Gasteiger partial charge on any atom is 0.426 e. The third kappa shape index (κ3) is 2.90. The van der Waals surface area contributed by atoms with Gasteiger partial charge >= 0.3 is 12.1 Å². The van der Waals surface area contributed by atoms with Crippen LogP contribution in [0.25, 0.3) is 11.1 Å². The molecule has 0 aliphatic rings. The van der Waals surface area contributed by atoms with Gasteiger partial charge in [0.1, 0.15) is 9.75 Å². The summed E-state index contributed by atoms with van der Waals surface area (Å²) in [5.74, 6) is -1.38. The summed E-state index contributed by atoms with van der Waals surface area (Å²) in [5.41, 5.74) is 0.132. The van der Waals surface area contributed by atoms with Crippen molar-refractivity contribution in [1.82, 2.24) is 0 Å². The molecule has 0 aliphatic heterocycles. The fourth-order valence-electron chi connectivity index (χ4n) is 1.55. The summed E-state index contributed by atoms with van der Waals surface area (Å²) in [4.78, 5) is 9.53. The molecule has 0 amide bonds. The van der Waals surface area contributed by atoms with E-state index in [0.29, 0.717) is 5.02 Å². The summed E-state index contributed by atoms with van der Waals surface area (Å²) in [5, 5.41) is 9.20. The van der Waals surface area contributed by atoms with Crippen LogP contribution in [0, 0.1) is 0 Å². The number of alkyl halides is 3. The molecule has 0 saturated carbocycles. The predicted octanol–water partition coefficient (Wildman–Crippen LogP) is 4.79. The fourth-order valence-corrected chi connectivity index (χ4v) is 2.56. The first-order valence-corrected chi connectivity index (χ1v) is 6.19. The van der Waals surface area contributed by atoms with Gasteiger partial charge in [-0.2, -0.15) is 13.2 Å². The van der Waals surface area contributed by atoms with Gasteiger partial charge in [0.05, 0.1) is 0 Å². The van der Waals surface area contributed by atoms with Crippen molar-refractivity contribution >= 4 is 28.9 Å². The number of hydrogen-bond donors (Lipinski definition) is 1. The first-order chi connectivity index (χ1) is 8.79. The van der Waals surface area contributed by atoms with Gasteiger partial charge in [0.15, 0.2) is 0 Å². The molecule has 100 valence electrons. The van der Waals surface area contributed by atoms with Crippen LogP contribution in [-0.4, -0.2) is 11.1 Å². The predicted molar refractivity (Wildman–Crippen MR) is 66.7 cm³/mol. The van der Waals surface area contributed by atoms with Crippen molar-refractivity contribution in [3.05, 3.63) is 45.1 Å². The number of rotatable bonds is 2. The number of carbonyl (C=O) groups is 1. The molecule has 2 rings (SSSR count). The van der Waals surface area contributed by atoms with Crippen LogP contribution in [0.15, 0.2) is 30.3 Å². The zero-order valence-electron chi connectivity index (χ0n) is 9.16. The molecule has 0 atom stereocenters. The molecule has 0 spiro atoms. The van der Waals surface area contributed by atoms with Crippen LogP contribution >= 0.6 is 22.9 Å². The van der Waals surface area contributed by atoms with Gasteiger partial charge in [-0.05, 0) is 23.8 Å². The number of carboxylic acid groups (broad SMARTS) is 1. The number of benzene rings is 1. The highest BCUT2D eigenvalue weighted by Crippen LogP contribution is 2.42. The average Bonchev–Trinajstić information content (AvgIpc) is 2.74. The molecule has 0 saturated heterocycles. The van der Waals surface area contributed by atoms with Crippen LogP contribution in [0.3, 0.4) is 0 Å². The van der Waals surface area contributed by atoms with Crippen LogP contribution in [-0.2, 0) is 6.18 Å². The number of thiophene rings is 1. The first kappa shape index (κ1) is 13.9. The van der Waals surface area contributed by atoms with Crippen molar-refractivity contribution in [1.29, 1.82) is 0 Å². The number of halogens is 4. The fraction of sp³-hybridized carbons (Fsp3) is 0.0833. The quantitative estimate of drug-likeness (QED) is 0.866. The Morgan fingerprint density at radius 2 is 1.79 bits per heavy atom. The van der Waals surface area contributed by atoms with Gasteiger partial charge in [-0.1, -0.05) is 23.7 Å². The van der Waals surface area contributed by atoms with Crippen molar-refractivity contribution in [3.8, 4) is 11.1 Å². The van der Waals surface area contributed by atoms with Crippen LogP contribution in [0.1, 0.15) is 14.5 Å². The molecule has 0 unspecified atom stereocenters. The Morgan fingerprint density at radius 3 is 2.26 bits per heavy atom. The van der Waals surface area contributed by atoms with Crippen molar-refractivity contribution in [2.24, 2.45) is 0 Å². The van der Waals surface area contributed by atoms with E-state index in [1.807, 2.05) is 0 Å². The molecule has 19 heavy (non-hydrogen) atoms. The Kier molecular flexibility index (Phi) is 3.56. The van der Waals surface area contributed by atoms with Crippen LogP contribution < -0.4 is 0 Å². The second kappa shape index (κ2) is 4.86. The summed E-state index contributed by atoms with van der Waals surface area (Å²) in [6, 6.07) is 6.78. The van der Waals surface area contributed by atoms with Crippen molar-refractivity contribution in [2.75, 3.05) is 0 Å². The second-order valence-corrected chi connectivity index (χ2v) is 5.15. The van der Waals surface area contributed by atoms with Crippen LogP contribution in [0.5, 0.6) is 0 Å². The molecule has 0 radical (unpaired) electrons. The third-order valence-electron chi connectivity index (χ3n) is 2.36. The lowest BCUT2D eigenvalue weighted by molar-refractivity contribution is -0.133. The second-order valence-electron chi connectivity index (χ2n) is 3.66. The van der Waals surface area contributed by atoms with Gasteiger partial charge in [-0.3, -0.25) is 0 Å². The SMILES string of the molecule is O=C(O)c1cc(-c2ccc(Cl)cc2)c(C(F)(F)F)s1. The Bertz CT molecular complexity index is 617. The van der Waals surface area contributed by atoms with E-state index in [1.165, 1.54) is 24.3 Å². The van der Waals surface area contributed by atoms with Crippen LogP contribution in [0.2, 0.25) is 5.02 Å². The molecular formula is C12H6ClF3O2S. The zero-order valence-corrected chi connectivity index (χ0v) is 10.7. The van der Waals surface area contributed by atoms with E-state index in [9.17, 15) is 18.0 Å². The molecule has 2 nitrogen and oxygen atoms in total. The molecular weight excluding hydrogens is 301 g/mol. The summed E-state index contributed by atoms with van der Waals surface area (Å²) >= 11 is 5.89. The molecule has 1 aromatic carbocycles. The van der Waals surface area contributed by atoms with Gasteiger partial charge in [-0.15, -0.1) is 11.3 Å². The van der Waals surface area contributed by atoms with E-state index in [1.54, 1.807) is 0 Å². The molecule has 1 aromatic heterocycles. The highest BCUT2D eigenvalue weighted by molar-refractivity contribution is 7.14. The highest BCUT2D eigenvalue weighted by Gasteiger charge is 2.37. The maximum atomic E-state index is 12.9. The minimum atomic E-state index is -4.59. The molecule has 2 aromatic rings.